The van der Waals surface area contributed by atoms with Gasteiger partial charge in [0.05, 0.1) is 19.2 Å². The van der Waals surface area contributed by atoms with E-state index in [4.69, 9.17) is 9.47 Å². The first-order valence-electron chi connectivity index (χ1n) is 9.01. The third kappa shape index (κ3) is 5.54. The van der Waals surface area contributed by atoms with E-state index in [2.05, 4.69) is 22.1 Å². The van der Waals surface area contributed by atoms with E-state index in [-0.39, 0.29) is 12.1 Å². The summed E-state index contributed by atoms with van der Waals surface area (Å²) in [7, 11) is 0. The van der Waals surface area contributed by atoms with Crippen molar-refractivity contribution in [3.05, 3.63) is 0 Å². The Morgan fingerprint density at radius 3 is 2.83 bits per heavy atom. The van der Waals surface area contributed by atoms with Gasteiger partial charge in [-0.3, -0.25) is 4.99 Å². The summed E-state index contributed by atoms with van der Waals surface area (Å²) in [5.41, 5.74) is -0.453. The second kappa shape index (κ2) is 8.55. The van der Waals surface area contributed by atoms with Gasteiger partial charge in [-0.2, -0.15) is 0 Å². The fourth-order valence-corrected chi connectivity index (χ4v) is 2.81. The molecule has 2 rings (SSSR count). The molecule has 0 bridgehead atoms. The van der Waals surface area contributed by atoms with E-state index in [1.807, 2.05) is 20.8 Å². The number of aliphatic imine (C=N–C) groups is 1. The van der Waals surface area contributed by atoms with Crippen LogP contribution in [0.5, 0.6) is 0 Å². The van der Waals surface area contributed by atoms with Crippen molar-refractivity contribution < 1.29 is 14.3 Å². The lowest BCUT2D eigenvalue weighted by Crippen LogP contribution is -2.57. The van der Waals surface area contributed by atoms with E-state index in [1.54, 1.807) is 4.90 Å². The zero-order valence-corrected chi connectivity index (χ0v) is 15.5. The molecule has 0 aromatic heterocycles. The third-order valence-electron chi connectivity index (χ3n) is 4.03. The molecule has 2 aliphatic heterocycles. The molecule has 0 spiro atoms. The number of fused-ring (bicyclic) bond motifs is 1. The Labute approximate surface area is 145 Å². The van der Waals surface area contributed by atoms with Crippen LogP contribution in [0, 0.1) is 0 Å². The first kappa shape index (κ1) is 18.8. The van der Waals surface area contributed by atoms with Gasteiger partial charge in [-0.1, -0.05) is 13.3 Å². The highest BCUT2D eigenvalue weighted by Gasteiger charge is 2.36. The quantitative estimate of drug-likeness (QED) is 0.745. The molecule has 138 valence electrons. The maximum absolute atomic E-state index is 12.2. The van der Waals surface area contributed by atoms with E-state index >= 15 is 0 Å². The molecule has 24 heavy (non-hydrogen) atoms. The number of rotatable bonds is 6. The largest absolute Gasteiger partial charge is 0.444 e. The monoisotopic (exact) mass is 340 g/mol. The van der Waals surface area contributed by atoms with Gasteiger partial charge in [-0.15, -0.1) is 0 Å². The molecule has 2 aliphatic rings. The topological polar surface area (TPSA) is 66.4 Å². The highest BCUT2D eigenvalue weighted by molar-refractivity contribution is 5.82. The second-order valence-corrected chi connectivity index (χ2v) is 7.33. The Balaban J connectivity index is 1.71. The second-order valence-electron chi connectivity index (χ2n) is 7.33. The summed E-state index contributed by atoms with van der Waals surface area (Å²) >= 11 is 0. The van der Waals surface area contributed by atoms with Crippen LogP contribution in [-0.4, -0.2) is 79.4 Å². The minimum atomic E-state index is -0.453. The Kier molecular flexibility index (Phi) is 6.71. The molecule has 0 aliphatic carbocycles. The smallest absolute Gasteiger partial charge is 0.410 e. The SMILES string of the molecule is CCCCOCCNC1=NCC2CN(C(=O)OC(C)(C)C)CCN12. The summed E-state index contributed by atoms with van der Waals surface area (Å²) in [6.45, 7) is 13.0. The number of hydrogen-bond donors (Lipinski definition) is 1. The van der Waals surface area contributed by atoms with Crippen molar-refractivity contribution in [2.45, 2.75) is 52.2 Å². The van der Waals surface area contributed by atoms with E-state index < -0.39 is 5.60 Å². The molecule has 0 saturated carbocycles. The van der Waals surface area contributed by atoms with Crippen molar-refractivity contribution >= 4 is 12.1 Å². The van der Waals surface area contributed by atoms with Crippen molar-refractivity contribution in [1.29, 1.82) is 0 Å². The maximum atomic E-state index is 12.2. The predicted molar refractivity (Wildman–Crippen MR) is 94.3 cm³/mol. The van der Waals surface area contributed by atoms with Crippen LogP contribution in [0.3, 0.4) is 0 Å². The van der Waals surface area contributed by atoms with Gasteiger partial charge in [-0.05, 0) is 27.2 Å². The van der Waals surface area contributed by atoms with Crippen LogP contribution < -0.4 is 5.32 Å². The summed E-state index contributed by atoms with van der Waals surface area (Å²) in [6, 6.07) is 0.245. The van der Waals surface area contributed by atoms with E-state index in [0.717, 1.165) is 45.0 Å². The van der Waals surface area contributed by atoms with Crippen LogP contribution in [0.4, 0.5) is 4.79 Å². The fraction of sp³-hybridized carbons (Fsp3) is 0.882. The first-order valence-corrected chi connectivity index (χ1v) is 9.01. The summed E-state index contributed by atoms with van der Waals surface area (Å²) < 4.78 is 11.0. The van der Waals surface area contributed by atoms with Gasteiger partial charge in [0, 0.05) is 32.8 Å². The van der Waals surface area contributed by atoms with Gasteiger partial charge >= 0.3 is 6.09 Å². The van der Waals surface area contributed by atoms with Gasteiger partial charge < -0.3 is 24.6 Å². The number of unbranched alkanes of at least 4 members (excludes halogenated alkanes) is 1. The average molecular weight is 340 g/mol. The van der Waals surface area contributed by atoms with Crippen LogP contribution >= 0.6 is 0 Å². The molecule has 0 radical (unpaired) electrons. The van der Waals surface area contributed by atoms with Crippen LogP contribution in [0.2, 0.25) is 0 Å². The molecule has 1 N–H and O–H groups in total. The van der Waals surface area contributed by atoms with Crippen molar-refractivity contribution in [1.82, 2.24) is 15.1 Å². The van der Waals surface area contributed by atoms with Crippen molar-refractivity contribution in [3.8, 4) is 0 Å². The van der Waals surface area contributed by atoms with E-state index in [9.17, 15) is 4.79 Å². The Morgan fingerprint density at radius 2 is 2.12 bits per heavy atom. The molecule has 0 aromatic carbocycles. The highest BCUT2D eigenvalue weighted by atomic mass is 16.6. The van der Waals surface area contributed by atoms with Crippen LogP contribution in [0.1, 0.15) is 40.5 Å². The number of ether oxygens (including phenoxy) is 2. The number of guanidine groups is 1. The highest BCUT2D eigenvalue weighted by Crippen LogP contribution is 2.18. The molecular weight excluding hydrogens is 308 g/mol. The van der Waals surface area contributed by atoms with Crippen molar-refractivity contribution in [2.24, 2.45) is 4.99 Å². The van der Waals surface area contributed by atoms with Gasteiger partial charge in [0.1, 0.15) is 5.60 Å². The number of hydrogen-bond acceptors (Lipinski definition) is 6. The Hall–Kier alpha value is -1.50. The van der Waals surface area contributed by atoms with Crippen LogP contribution in [0.15, 0.2) is 4.99 Å². The zero-order valence-electron chi connectivity index (χ0n) is 15.5. The van der Waals surface area contributed by atoms with Gasteiger partial charge in [0.2, 0.25) is 0 Å². The Morgan fingerprint density at radius 1 is 1.33 bits per heavy atom. The summed E-state index contributed by atoms with van der Waals surface area (Å²) in [6.07, 6.45) is 2.03. The number of amides is 1. The van der Waals surface area contributed by atoms with Gasteiger partial charge in [0.15, 0.2) is 5.96 Å². The molecular formula is C17H32N4O3. The fourth-order valence-electron chi connectivity index (χ4n) is 2.81. The molecule has 1 saturated heterocycles. The van der Waals surface area contributed by atoms with Crippen LogP contribution in [-0.2, 0) is 9.47 Å². The van der Waals surface area contributed by atoms with Crippen molar-refractivity contribution in [2.75, 3.05) is 45.9 Å². The van der Waals surface area contributed by atoms with Gasteiger partial charge in [-0.25, -0.2) is 4.79 Å². The van der Waals surface area contributed by atoms with Crippen LogP contribution in [0.25, 0.3) is 0 Å². The van der Waals surface area contributed by atoms with Crippen molar-refractivity contribution in [3.63, 3.8) is 0 Å². The zero-order chi connectivity index (χ0) is 17.6. The van der Waals surface area contributed by atoms with E-state index in [1.165, 1.54) is 0 Å². The summed E-state index contributed by atoms with van der Waals surface area (Å²) in [4.78, 5) is 20.8. The number of carbonyl (C=O) groups is 1. The molecule has 7 nitrogen and oxygen atoms in total. The normalized spacial score (nSPS) is 20.7. The molecule has 7 heteroatoms. The number of piperazine rings is 1. The maximum Gasteiger partial charge on any atom is 0.410 e. The molecule has 1 unspecified atom stereocenters. The number of nitrogens with zero attached hydrogens (tertiary/aromatic N) is 3. The average Bonchev–Trinajstić information content (AvgIpc) is 2.91. The third-order valence-corrected chi connectivity index (χ3v) is 4.03. The molecule has 1 fully saturated rings. The lowest BCUT2D eigenvalue weighted by molar-refractivity contribution is 0.0137. The lowest BCUT2D eigenvalue weighted by atomic mass is 10.2. The lowest BCUT2D eigenvalue weighted by Gasteiger charge is -2.39. The first-order chi connectivity index (χ1) is 11.4. The molecule has 2 heterocycles. The molecule has 1 atom stereocenters. The van der Waals surface area contributed by atoms with E-state index in [0.29, 0.717) is 19.7 Å². The Bertz CT molecular complexity index is 448. The standard InChI is InChI=1S/C17H32N4O3/c1-5-6-10-23-11-7-18-15-19-12-14-13-20(8-9-21(14)15)16(22)24-17(2,3)4/h14H,5-13H2,1-4H3,(H,18,19). The minimum absolute atomic E-state index is 0.229. The van der Waals surface area contributed by atoms with Gasteiger partial charge in [0.25, 0.3) is 0 Å². The minimum Gasteiger partial charge on any atom is -0.444 e. The molecule has 0 aromatic rings. The molecule has 1 amide bonds. The predicted octanol–water partition coefficient (Wildman–Crippen LogP) is 1.68. The number of nitrogens with one attached hydrogen (secondary N) is 1. The summed E-state index contributed by atoms with van der Waals surface area (Å²) in [5, 5.41) is 3.36. The summed E-state index contributed by atoms with van der Waals surface area (Å²) in [5.74, 6) is 0.933. The number of carbonyl (C=O) groups excluding carboxylic acids is 1.